The van der Waals surface area contributed by atoms with Crippen LogP contribution in [0.4, 0.5) is 0 Å². The second-order valence-corrected chi connectivity index (χ2v) is 4.70. The highest BCUT2D eigenvalue weighted by Gasteiger charge is 2.02. The van der Waals surface area contributed by atoms with Crippen LogP contribution in [0.25, 0.3) is 0 Å². The highest BCUT2D eigenvalue weighted by Crippen LogP contribution is 2.14. The molecule has 0 atom stereocenters. The molecule has 21 heavy (non-hydrogen) atoms. The Morgan fingerprint density at radius 2 is 1.67 bits per heavy atom. The summed E-state index contributed by atoms with van der Waals surface area (Å²) in [4.78, 5) is 10.7. The number of rotatable bonds is 7. The summed E-state index contributed by atoms with van der Waals surface area (Å²) in [5.41, 5.74) is 1.42. The van der Waals surface area contributed by atoms with Gasteiger partial charge in [-0.15, -0.1) is 0 Å². The van der Waals surface area contributed by atoms with Crippen molar-refractivity contribution in [1.82, 2.24) is 0 Å². The first kappa shape index (κ1) is 14.9. The van der Waals surface area contributed by atoms with Crippen LogP contribution in [0.1, 0.15) is 22.3 Å². The Morgan fingerprint density at radius 3 is 2.29 bits per heavy atom. The molecule has 2 aromatic carbocycles. The van der Waals surface area contributed by atoms with E-state index >= 15 is 0 Å². The van der Waals surface area contributed by atoms with Gasteiger partial charge in [-0.1, -0.05) is 12.1 Å². The Kier molecular flexibility index (Phi) is 5.21. The van der Waals surface area contributed by atoms with Gasteiger partial charge in [0.05, 0.1) is 18.8 Å². The summed E-state index contributed by atoms with van der Waals surface area (Å²) in [7, 11) is 0. The standard InChI is InChI=1S/C17H18O4/c1-13-4-2-5-16(12-13)21-11-3-10-20-15-8-6-14(7-9-15)17(18)19/h2,4-9,12H,3,10-11H2,1H3,(H,18,19). The molecular formula is C17H18O4. The third-order valence-corrected chi connectivity index (χ3v) is 2.92. The molecule has 0 saturated carbocycles. The Bertz CT molecular complexity index is 590. The van der Waals surface area contributed by atoms with Gasteiger partial charge >= 0.3 is 5.97 Å². The van der Waals surface area contributed by atoms with Gasteiger partial charge in [-0.2, -0.15) is 0 Å². The van der Waals surface area contributed by atoms with Crippen molar-refractivity contribution in [2.45, 2.75) is 13.3 Å². The van der Waals surface area contributed by atoms with Crippen molar-refractivity contribution in [1.29, 1.82) is 0 Å². The molecule has 0 fully saturated rings. The fraction of sp³-hybridized carbons (Fsp3) is 0.235. The maximum Gasteiger partial charge on any atom is 0.335 e. The molecule has 0 aromatic heterocycles. The number of benzene rings is 2. The predicted molar refractivity (Wildman–Crippen MR) is 80.2 cm³/mol. The summed E-state index contributed by atoms with van der Waals surface area (Å²) in [5, 5.41) is 8.79. The smallest absolute Gasteiger partial charge is 0.335 e. The molecular weight excluding hydrogens is 268 g/mol. The van der Waals surface area contributed by atoms with Crippen molar-refractivity contribution in [2.24, 2.45) is 0 Å². The average molecular weight is 286 g/mol. The summed E-state index contributed by atoms with van der Waals surface area (Å²) in [6, 6.07) is 14.3. The number of aromatic carboxylic acids is 1. The van der Waals surface area contributed by atoms with Crippen LogP contribution in [0.15, 0.2) is 48.5 Å². The topological polar surface area (TPSA) is 55.8 Å². The summed E-state index contributed by atoms with van der Waals surface area (Å²) in [6.07, 6.45) is 0.759. The molecule has 4 heteroatoms. The number of carbonyl (C=O) groups is 1. The van der Waals surface area contributed by atoms with Gasteiger partial charge in [0.1, 0.15) is 11.5 Å². The molecule has 0 heterocycles. The van der Waals surface area contributed by atoms with Crippen molar-refractivity contribution in [3.63, 3.8) is 0 Å². The van der Waals surface area contributed by atoms with Gasteiger partial charge in [0, 0.05) is 6.42 Å². The first-order valence-electron chi connectivity index (χ1n) is 6.81. The third-order valence-electron chi connectivity index (χ3n) is 2.92. The Balaban J connectivity index is 1.69. The molecule has 110 valence electrons. The SMILES string of the molecule is Cc1cccc(OCCCOc2ccc(C(=O)O)cc2)c1. The van der Waals surface area contributed by atoms with Crippen LogP contribution in [0.5, 0.6) is 11.5 Å². The van der Waals surface area contributed by atoms with Crippen LogP contribution in [-0.4, -0.2) is 24.3 Å². The number of carboxylic acid groups (broad SMARTS) is 1. The molecule has 0 unspecified atom stereocenters. The van der Waals surface area contributed by atoms with E-state index in [4.69, 9.17) is 14.6 Å². The first-order chi connectivity index (χ1) is 10.1. The highest BCUT2D eigenvalue weighted by molar-refractivity contribution is 5.87. The maximum absolute atomic E-state index is 10.7. The van der Waals surface area contributed by atoms with Crippen molar-refractivity contribution in [2.75, 3.05) is 13.2 Å². The van der Waals surface area contributed by atoms with Crippen molar-refractivity contribution < 1.29 is 19.4 Å². The predicted octanol–water partition coefficient (Wildman–Crippen LogP) is 3.54. The highest BCUT2D eigenvalue weighted by atomic mass is 16.5. The molecule has 0 spiro atoms. The second-order valence-electron chi connectivity index (χ2n) is 4.70. The molecule has 0 radical (unpaired) electrons. The Morgan fingerprint density at radius 1 is 1.00 bits per heavy atom. The quantitative estimate of drug-likeness (QED) is 0.791. The zero-order chi connectivity index (χ0) is 15.1. The lowest BCUT2D eigenvalue weighted by Gasteiger charge is -2.08. The van der Waals surface area contributed by atoms with E-state index in [1.165, 1.54) is 17.7 Å². The number of hydrogen-bond donors (Lipinski definition) is 1. The van der Waals surface area contributed by atoms with E-state index < -0.39 is 5.97 Å². The van der Waals surface area contributed by atoms with E-state index in [1.54, 1.807) is 12.1 Å². The van der Waals surface area contributed by atoms with Gasteiger partial charge in [-0.25, -0.2) is 4.79 Å². The molecule has 2 rings (SSSR count). The van der Waals surface area contributed by atoms with Crippen LogP contribution >= 0.6 is 0 Å². The molecule has 2 aromatic rings. The molecule has 0 aliphatic carbocycles. The van der Waals surface area contributed by atoms with E-state index in [2.05, 4.69) is 0 Å². The minimum Gasteiger partial charge on any atom is -0.493 e. The number of carboxylic acids is 1. The lowest BCUT2D eigenvalue weighted by molar-refractivity contribution is 0.0697. The summed E-state index contributed by atoms with van der Waals surface area (Å²) in [6.45, 7) is 3.13. The monoisotopic (exact) mass is 286 g/mol. The largest absolute Gasteiger partial charge is 0.493 e. The van der Waals surface area contributed by atoms with Gasteiger partial charge in [-0.05, 0) is 48.9 Å². The van der Waals surface area contributed by atoms with E-state index in [0.29, 0.717) is 19.0 Å². The zero-order valence-corrected chi connectivity index (χ0v) is 11.9. The third kappa shape index (κ3) is 4.84. The van der Waals surface area contributed by atoms with Gasteiger partial charge < -0.3 is 14.6 Å². The Labute approximate surface area is 123 Å². The van der Waals surface area contributed by atoms with E-state index in [-0.39, 0.29) is 5.56 Å². The molecule has 0 aliphatic heterocycles. The normalized spacial score (nSPS) is 10.1. The van der Waals surface area contributed by atoms with Crippen LogP contribution in [0, 0.1) is 6.92 Å². The number of ether oxygens (including phenoxy) is 2. The summed E-state index contributed by atoms with van der Waals surface area (Å²) >= 11 is 0. The van der Waals surface area contributed by atoms with Gasteiger partial charge in [0.25, 0.3) is 0 Å². The minimum absolute atomic E-state index is 0.255. The summed E-state index contributed by atoms with van der Waals surface area (Å²) in [5.74, 6) is 0.587. The van der Waals surface area contributed by atoms with Gasteiger partial charge in [-0.3, -0.25) is 0 Å². The van der Waals surface area contributed by atoms with Gasteiger partial charge in [0.15, 0.2) is 0 Å². The molecule has 0 saturated heterocycles. The van der Waals surface area contributed by atoms with Crippen molar-refractivity contribution in [3.05, 3.63) is 59.7 Å². The summed E-state index contributed by atoms with van der Waals surface area (Å²) < 4.78 is 11.1. The van der Waals surface area contributed by atoms with Crippen molar-refractivity contribution >= 4 is 5.97 Å². The fourth-order valence-corrected chi connectivity index (χ4v) is 1.84. The van der Waals surface area contributed by atoms with Crippen LogP contribution in [0.2, 0.25) is 0 Å². The van der Waals surface area contributed by atoms with Crippen molar-refractivity contribution in [3.8, 4) is 11.5 Å². The molecule has 0 amide bonds. The molecule has 0 aliphatic rings. The lowest BCUT2D eigenvalue weighted by atomic mass is 10.2. The molecule has 0 bridgehead atoms. The van der Waals surface area contributed by atoms with Crippen LogP contribution in [0.3, 0.4) is 0 Å². The Hall–Kier alpha value is -2.49. The molecule has 4 nitrogen and oxygen atoms in total. The fourth-order valence-electron chi connectivity index (χ4n) is 1.84. The molecule has 1 N–H and O–H groups in total. The van der Waals surface area contributed by atoms with Crippen LogP contribution in [-0.2, 0) is 0 Å². The van der Waals surface area contributed by atoms with E-state index in [1.807, 2.05) is 31.2 Å². The van der Waals surface area contributed by atoms with Gasteiger partial charge in [0.2, 0.25) is 0 Å². The number of hydrogen-bond acceptors (Lipinski definition) is 3. The average Bonchev–Trinajstić information content (AvgIpc) is 2.47. The van der Waals surface area contributed by atoms with Crippen LogP contribution < -0.4 is 9.47 Å². The zero-order valence-electron chi connectivity index (χ0n) is 11.9. The second kappa shape index (κ2) is 7.33. The first-order valence-corrected chi connectivity index (χ1v) is 6.81. The number of aryl methyl sites for hydroxylation is 1. The maximum atomic E-state index is 10.7. The minimum atomic E-state index is -0.937. The van der Waals surface area contributed by atoms with E-state index in [0.717, 1.165) is 12.2 Å². The lowest BCUT2D eigenvalue weighted by Crippen LogP contribution is -2.05. The van der Waals surface area contributed by atoms with E-state index in [9.17, 15) is 4.79 Å².